The molecule has 14 heavy (non-hydrogen) atoms. The summed E-state index contributed by atoms with van der Waals surface area (Å²) >= 11 is 0. The topological polar surface area (TPSA) is 129 Å². The number of hydrogen-bond acceptors (Lipinski definition) is 4. The Bertz CT molecular complexity index is 334. The second-order valence-corrected chi connectivity index (χ2v) is 2.43. The predicted molar refractivity (Wildman–Crippen MR) is 54.8 cm³/mol. The van der Waals surface area contributed by atoms with Crippen LogP contribution < -0.4 is 16.4 Å². The molecule has 6 N–H and O–H groups in total. The Balaban J connectivity index is 0.00000169. The van der Waals surface area contributed by atoms with Gasteiger partial charge in [0, 0.05) is 5.56 Å². The fourth-order valence-corrected chi connectivity index (χ4v) is 0.855. The van der Waals surface area contributed by atoms with Gasteiger partial charge in [-0.25, -0.2) is 4.90 Å². The molecule has 78 valence electrons. The van der Waals surface area contributed by atoms with Gasteiger partial charge < -0.3 is 16.0 Å². The molecule has 7 nitrogen and oxygen atoms in total. The maximum absolute atomic E-state index is 7.16. The number of aromatic nitrogens is 1. The number of hydrogen-bond donors (Lipinski definition) is 4. The van der Waals surface area contributed by atoms with Crippen molar-refractivity contribution in [2.24, 2.45) is 11.5 Å². The van der Waals surface area contributed by atoms with Crippen molar-refractivity contribution in [3.05, 3.63) is 11.8 Å². The second kappa shape index (κ2) is 4.47. The van der Waals surface area contributed by atoms with Crippen LogP contribution in [0.25, 0.3) is 0 Å². The molecule has 0 amide bonds. The van der Waals surface area contributed by atoms with Gasteiger partial charge in [-0.3, -0.25) is 10.8 Å². The van der Waals surface area contributed by atoms with Gasteiger partial charge >= 0.3 is 0 Å². The molecular formula is C6H11ClN6O. The van der Waals surface area contributed by atoms with E-state index in [9.17, 15) is 0 Å². The SMILES string of the molecule is Cc1conc1N(C(=N)N)C(=N)N.Cl. The van der Waals surface area contributed by atoms with E-state index in [1.54, 1.807) is 6.92 Å². The standard InChI is InChI=1S/C6H10N6O.ClH/c1-3-2-13-11-4(3)12(5(7)8)6(9)10;/h2H,1H3,(H3,7,8)(H3,9,10);1H. The Morgan fingerprint density at radius 3 is 2.21 bits per heavy atom. The van der Waals surface area contributed by atoms with Crippen LogP contribution >= 0.6 is 12.4 Å². The summed E-state index contributed by atoms with van der Waals surface area (Å²) in [5, 5.41) is 17.9. The molecule has 8 heteroatoms. The van der Waals surface area contributed by atoms with Crippen molar-refractivity contribution in [3.8, 4) is 0 Å². The molecule has 0 bridgehead atoms. The van der Waals surface area contributed by atoms with Crippen LogP contribution in [-0.2, 0) is 0 Å². The van der Waals surface area contributed by atoms with Crippen LogP contribution in [0.2, 0.25) is 0 Å². The minimum absolute atomic E-state index is 0. The van der Waals surface area contributed by atoms with E-state index in [2.05, 4.69) is 9.68 Å². The van der Waals surface area contributed by atoms with Crippen molar-refractivity contribution in [3.63, 3.8) is 0 Å². The first-order chi connectivity index (χ1) is 6.04. The Labute approximate surface area is 86.5 Å². The average Bonchev–Trinajstić information content (AvgIpc) is 2.35. The minimum atomic E-state index is -0.371. The number of nitrogens with zero attached hydrogens (tertiary/aromatic N) is 2. The molecule has 0 fully saturated rings. The normalized spacial score (nSPS) is 8.93. The maximum Gasteiger partial charge on any atom is 0.201 e. The van der Waals surface area contributed by atoms with E-state index in [0.717, 1.165) is 4.90 Å². The van der Waals surface area contributed by atoms with E-state index >= 15 is 0 Å². The lowest BCUT2D eigenvalue weighted by atomic mass is 10.3. The lowest BCUT2D eigenvalue weighted by Gasteiger charge is -2.17. The smallest absolute Gasteiger partial charge is 0.201 e. The molecule has 0 saturated heterocycles. The summed E-state index contributed by atoms with van der Waals surface area (Å²) in [7, 11) is 0. The van der Waals surface area contributed by atoms with Gasteiger partial charge in [-0.15, -0.1) is 12.4 Å². The number of aryl methyl sites for hydroxylation is 1. The van der Waals surface area contributed by atoms with Crippen molar-refractivity contribution in [1.82, 2.24) is 5.16 Å². The molecule has 0 aliphatic rings. The first-order valence-corrected chi connectivity index (χ1v) is 3.43. The first-order valence-electron chi connectivity index (χ1n) is 3.43. The summed E-state index contributed by atoms with van der Waals surface area (Å²) in [4.78, 5) is 0.971. The molecule has 0 saturated carbocycles. The highest BCUT2D eigenvalue weighted by Gasteiger charge is 2.18. The quantitative estimate of drug-likeness (QED) is 0.389. The predicted octanol–water partition coefficient (Wildman–Crippen LogP) is -0.00184. The van der Waals surface area contributed by atoms with Crippen LogP contribution in [0.15, 0.2) is 10.8 Å². The monoisotopic (exact) mass is 218 g/mol. The van der Waals surface area contributed by atoms with Crippen LogP contribution in [-0.4, -0.2) is 17.1 Å². The van der Waals surface area contributed by atoms with Gasteiger partial charge in [0.1, 0.15) is 6.26 Å². The van der Waals surface area contributed by atoms with Crippen LogP contribution in [0, 0.1) is 17.7 Å². The van der Waals surface area contributed by atoms with Crippen molar-refractivity contribution < 1.29 is 4.52 Å². The molecule has 1 aromatic heterocycles. The molecule has 0 spiro atoms. The van der Waals surface area contributed by atoms with Gasteiger partial charge in [-0.2, -0.15) is 0 Å². The third-order valence-electron chi connectivity index (χ3n) is 1.41. The van der Waals surface area contributed by atoms with Crippen molar-refractivity contribution in [2.45, 2.75) is 6.92 Å². The number of nitrogens with one attached hydrogen (secondary N) is 2. The molecule has 0 aromatic carbocycles. The fraction of sp³-hybridized carbons (Fsp3) is 0.167. The average molecular weight is 219 g/mol. The third kappa shape index (κ3) is 2.13. The highest BCUT2D eigenvalue weighted by atomic mass is 35.5. The van der Waals surface area contributed by atoms with Gasteiger partial charge in [-0.05, 0) is 6.92 Å². The number of nitrogens with two attached hydrogens (primary N) is 2. The van der Waals surface area contributed by atoms with E-state index in [0.29, 0.717) is 5.56 Å². The van der Waals surface area contributed by atoms with Crippen LogP contribution in [0.1, 0.15) is 5.56 Å². The summed E-state index contributed by atoms with van der Waals surface area (Å²) < 4.78 is 4.63. The lowest BCUT2D eigenvalue weighted by Crippen LogP contribution is -2.45. The molecule has 0 aliphatic heterocycles. The van der Waals surface area contributed by atoms with E-state index in [1.165, 1.54) is 6.26 Å². The maximum atomic E-state index is 7.16. The molecule has 1 rings (SSSR count). The lowest BCUT2D eigenvalue weighted by molar-refractivity contribution is 0.421. The highest BCUT2D eigenvalue weighted by molar-refractivity contribution is 6.13. The van der Waals surface area contributed by atoms with E-state index in [-0.39, 0.29) is 30.1 Å². The van der Waals surface area contributed by atoms with E-state index in [4.69, 9.17) is 22.3 Å². The molecule has 1 heterocycles. The Morgan fingerprint density at radius 1 is 1.43 bits per heavy atom. The van der Waals surface area contributed by atoms with Gasteiger partial charge in [0.2, 0.25) is 11.9 Å². The summed E-state index contributed by atoms with van der Waals surface area (Å²) in [6.45, 7) is 1.71. The van der Waals surface area contributed by atoms with Crippen molar-refractivity contribution in [2.75, 3.05) is 4.90 Å². The zero-order chi connectivity index (χ0) is 10.0. The van der Waals surface area contributed by atoms with Crippen LogP contribution in [0.5, 0.6) is 0 Å². The van der Waals surface area contributed by atoms with E-state index in [1.807, 2.05) is 0 Å². The summed E-state index contributed by atoms with van der Waals surface area (Å²) in [6.07, 6.45) is 1.38. The van der Waals surface area contributed by atoms with Crippen LogP contribution in [0.3, 0.4) is 0 Å². The van der Waals surface area contributed by atoms with Gasteiger partial charge in [0.05, 0.1) is 0 Å². The fourth-order valence-electron chi connectivity index (χ4n) is 0.855. The largest absolute Gasteiger partial charge is 0.369 e. The van der Waals surface area contributed by atoms with Gasteiger partial charge in [0.25, 0.3) is 0 Å². The van der Waals surface area contributed by atoms with Crippen molar-refractivity contribution in [1.29, 1.82) is 10.8 Å². The zero-order valence-electron chi connectivity index (χ0n) is 7.44. The Morgan fingerprint density at radius 2 is 1.93 bits per heavy atom. The molecule has 0 atom stereocenters. The van der Waals surface area contributed by atoms with Crippen molar-refractivity contribution >= 4 is 30.1 Å². The minimum Gasteiger partial charge on any atom is -0.369 e. The summed E-state index contributed by atoms with van der Waals surface area (Å²) in [5.41, 5.74) is 11.1. The Kier molecular flexibility index (Phi) is 3.91. The van der Waals surface area contributed by atoms with E-state index < -0.39 is 0 Å². The number of guanidine groups is 2. The summed E-state index contributed by atoms with van der Waals surface area (Å²) in [5.74, 6) is -0.478. The molecule has 1 aromatic rings. The summed E-state index contributed by atoms with van der Waals surface area (Å²) in [6, 6.07) is 0. The second-order valence-electron chi connectivity index (χ2n) is 2.43. The number of halogens is 1. The highest BCUT2D eigenvalue weighted by Crippen LogP contribution is 2.15. The molecular weight excluding hydrogens is 208 g/mol. The Hall–Kier alpha value is -1.76. The molecule has 0 radical (unpaired) electrons. The van der Waals surface area contributed by atoms with Gasteiger partial charge in [-0.1, -0.05) is 5.16 Å². The first kappa shape index (κ1) is 12.2. The molecule has 0 aliphatic carbocycles. The zero-order valence-corrected chi connectivity index (χ0v) is 8.26. The van der Waals surface area contributed by atoms with Gasteiger partial charge in [0.15, 0.2) is 5.82 Å². The molecule has 0 unspecified atom stereocenters. The third-order valence-corrected chi connectivity index (χ3v) is 1.41. The number of rotatable bonds is 1. The number of anilines is 1. The van der Waals surface area contributed by atoms with Crippen LogP contribution in [0.4, 0.5) is 5.82 Å².